The van der Waals surface area contributed by atoms with E-state index in [4.69, 9.17) is 10.8 Å². The Bertz CT molecular complexity index is 481. The summed E-state index contributed by atoms with van der Waals surface area (Å²) in [5.41, 5.74) is 5.30. The van der Waals surface area contributed by atoms with Crippen LogP contribution in [0.1, 0.15) is 33.9 Å². The van der Waals surface area contributed by atoms with Crippen LogP contribution in [0, 0.1) is 5.92 Å². The Morgan fingerprint density at radius 3 is 2.39 bits per heavy atom. The fourth-order valence-corrected chi connectivity index (χ4v) is 2.11. The number of thiophene rings is 1. The Hall–Kier alpha value is -1.89. The Labute approximate surface area is 108 Å². The predicted octanol–water partition coefficient (Wildman–Crippen LogP) is 0.686. The highest BCUT2D eigenvalue weighted by Crippen LogP contribution is 2.15. The van der Waals surface area contributed by atoms with Crippen LogP contribution in [-0.2, 0) is 4.79 Å². The molecule has 0 aromatic carbocycles. The smallest absolute Gasteiger partial charge is 0.326 e. The topological polar surface area (TPSA) is 109 Å². The lowest BCUT2D eigenvalue weighted by molar-refractivity contribution is -0.140. The van der Waals surface area contributed by atoms with Crippen LogP contribution in [-0.4, -0.2) is 28.9 Å². The molecule has 1 rings (SSSR count). The van der Waals surface area contributed by atoms with Gasteiger partial charge in [-0.05, 0) is 12.0 Å². The highest BCUT2D eigenvalue weighted by Gasteiger charge is 2.24. The largest absolute Gasteiger partial charge is 0.480 e. The Kier molecular flexibility index (Phi) is 4.43. The molecule has 1 heterocycles. The van der Waals surface area contributed by atoms with E-state index in [2.05, 4.69) is 5.32 Å². The van der Waals surface area contributed by atoms with Gasteiger partial charge < -0.3 is 16.2 Å². The van der Waals surface area contributed by atoms with E-state index in [0.29, 0.717) is 0 Å². The quantitative estimate of drug-likeness (QED) is 0.731. The first-order chi connectivity index (χ1) is 8.32. The number of carbonyl (C=O) groups excluding carboxylic acids is 2. The first-order valence-electron chi connectivity index (χ1n) is 5.25. The molecule has 1 atom stereocenters. The average molecular weight is 270 g/mol. The minimum Gasteiger partial charge on any atom is -0.480 e. The van der Waals surface area contributed by atoms with Gasteiger partial charge in [0.1, 0.15) is 6.04 Å². The van der Waals surface area contributed by atoms with Gasteiger partial charge in [-0.3, -0.25) is 9.59 Å². The summed E-state index contributed by atoms with van der Waals surface area (Å²) in [7, 11) is 0. The zero-order chi connectivity index (χ0) is 13.9. The summed E-state index contributed by atoms with van der Waals surface area (Å²) >= 11 is 1.05. The van der Waals surface area contributed by atoms with Crippen LogP contribution in [0.2, 0.25) is 0 Å². The summed E-state index contributed by atoms with van der Waals surface area (Å²) in [4.78, 5) is 33.9. The number of carboxylic acids is 1. The van der Waals surface area contributed by atoms with E-state index >= 15 is 0 Å². The third kappa shape index (κ3) is 3.30. The SMILES string of the molecule is CC(C)[C@@H](NC(=O)c1cc(C(N)=O)cs1)C(=O)O. The second-order valence-electron chi connectivity index (χ2n) is 4.10. The lowest BCUT2D eigenvalue weighted by Gasteiger charge is -2.17. The molecule has 0 fully saturated rings. The first-order valence-corrected chi connectivity index (χ1v) is 6.13. The van der Waals surface area contributed by atoms with Gasteiger partial charge >= 0.3 is 5.97 Å². The van der Waals surface area contributed by atoms with Crippen molar-refractivity contribution in [1.29, 1.82) is 0 Å². The zero-order valence-corrected chi connectivity index (χ0v) is 10.8. The van der Waals surface area contributed by atoms with Crippen LogP contribution in [0.3, 0.4) is 0 Å². The van der Waals surface area contributed by atoms with E-state index in [1.807, 2.05) is 0 Å². The van der Waals surface area contributed by atoms with Crippen molar-refractivity contribution in [2.75, 3.05) is 0 Å². The van der Waals surface area contributed by atoms with Gasteiger partial charge in [-0.1, -0.05) is 13.8 Å². The number of primary amides is 1. The summed E-state index contributed by atoms with van der Waals surface area (Å²) < 4.78 is 0. The Morgan fingerprint density at radius 1 is 1.39 bits per heavy atom. The van der Waals surface area contributed by atoms with Gasteiger partial charge in [0, 0.05) is 5.38 Å². The normalized spacial score (nSPS) is 12.2. The van der Waals surface area contributed by atoms with Gasteiger partial charge in [-0.15, -0.1) is 11.3 Å². The van der Waals surface area contributed by atoms with E-state index in [9.17, 15) is 14.4 Å². The van der Waals surface area contributed by atoms with Crippen LogP contribution < -0.4 is 11.1 Å². The molecule has 0 aliphatic heterocycles. The molecule has 0 aliphatic rings. The Balaban J connectivity index is 2.80. The van der Waals surface area contributed by atoms with Crippen molar-refractivity contribution in [3.63, 3.8) is 0 Å². The summed E-state index contributed by atoms with van der Waals surface area (Å²) in [5, 5.41) is 12.8. The molecule has 0 unspecified atom stereocenters. The van der Waals surface area contributed by atoms with Crippen LogP contribution in [0.15, 0.2) is 11.4 Å². The maximum Gasteiger partial charge on any atom is 0.326 e. The highest BCUT2D eigenvalue weighted by atomic mass is 32.1. The number of nitrogens with one attached hydrogen (secondary N) is 1. The molecule has 1 aromatic heterocycles. The lowest BCUT2D eigenvalue weighted by atomic mass is 10.0. The third-order valence-corrected chi connectivity index (χ3v) is 3.26. The zero-order valence-electron chi connectivity index (χ0n) is 9.97. The molecule has 0 spiro atoms. The van der Waals surface area contributed by atoms with Gasteiger partial charge in [0.2, 0.25) is 5.91 Å². The van der Waals surface area contributed by atoms with Crippen LogP contribution >= 0.6 is 11.3 Å². The van der Waals surface area contributed by atoms with Crippen molar-refractivity contribution < 1.29 is 19.5 Å². The number of hydrogen-bond donors (Lipinski definition) is 3. The third-order valence-electron chi connectivity index (χ3n) is 2.33. The maximum atomic E-state index is 11.8. The van der Waals surface area contributed by atoms with Gasteiger partial charge in [-0.25, -0.2) is 4.79 Å². The maximum absolute atomic E-state index is 11.8. The fraction of sp³-hybridized carbons (Fsp3) is 0.364. The molecule has 18 heavy (non-hydrogen) atoms. The van der Waals surface area contributed by atoms with Crippen molar-refractivity contribution in [1.82, 2.24) is 5.32 Å². The molecule has 0 saturated heterocycles. The van der Waals surface area contributed by atoms with Crippen LogP contribution in [0.5, 0.6) is 0 Å². The molecule has 0 bridgehead atoms. The summed E-state index contributed by atoms with van der Waals surface area (Å²) in [6.07, 6.45) is 0. The number of rotatable bonds is 5. The van der Waals surface area contributed by atoms with E-state index in [0.717, 1.165) is 11.3 Å². The minimum atomic E-state index is -1.09. The van der Waals surface area contributed by atoms with Gasteiger partial charge in [-0.2, -0.15) is 0 Å². The minimum absolute atomic E-state index is 0.234. The second kappa shape index (κ2) is 5.63. The molecule has 1 aromatic rings. The molecule has 0 saturated carbocycles. The monoisotopic (exact) mass is 270 g/mol. The average Bonchev–Trinajstić information content (AvgIpc) is 2.73. The predicted molar refractivity (Wildman–Crippen MR) is 66.6 cm³/mol. The highest BCUT2D eigenvalue weighted by molar-refractivity contribution is 7.12. The molecular formula is C11H14N2O4S. The molecule has 0 radical (unpaired) electrons. The molecule has 4 N–H and O–H groups in total. The van der Waals surface area contributed by atoms with Crippen molar-refractivity contribution in [3.05, 3.63) is 21.9 Å². The number of aliphatic carboxylic acids is 1. The number of carbonyl (C=O) groups is 3. The van der Waals surface area contributed by atoms with Crippen LogP contribution in [0.4, 0.5) is 0 Å². The first kappa shape index (κ1) is 14.2. The van der Waals surface area contributed by atoms with E-state index in [1.165, 1.54) is 11.4 Å². The number of hydrogen-bond acceptors (Lipinski definition) is 4. The van der Waals surface area contributed by atoms with E-state index in [1.54, 1.807) is 13.8 Å². The van der Waals surface area contributed by atoms with E-state index in [-0.39, 0.29) is 16.4 Å². The number of nitrogens with two attached hydrogens (primary N) is 1. The fourth-order valence-electron chi connectivity index (χ4n) is 1.31. The van der Waals surface area contributed by atoms with Gasteiger partial charge in [0.25, 0.3) is 5.91 Å². The molecule has 7 heteroatoms. The van der Waals surface area contributed by atoms with E-state index < -0.39 is 23.8 Å². The van der Waals surface area contributed by atoms with Crippen molar-refractivity contribution in [2.24, 2.45) is 11.7 Å². The van der Waals surface area contributed by atoms with Gasteiger partial charge in [0.05, 0.1) is 10.4 Å². The number of carboxylic acid groups (broad SMARTS) is 1. The standard InChI is InChI=1S/C11H14N2O4S/c1-5(2)8(11(16)17)13-10(15)7-3-6(4-18-7)9(12)14/h3-5,8H,1-2H3,(H2,12,14)(H,13,15)(H,16,17)/t8-/m1/s1. The van der Waals surface area contributed by atoms with Crippen molar-refractivity contribution in [2.45, 2.75) is 19.9 Å². The van der Waals surface area contributed by atoms with Crippen molar-refractivity contribution in [3.8, 4) is 0 Å². The molecule has 98 valence electrons. The molecular weight excluding hydrogens is 256 g/mol. The molecule has 0 aliphatic carbocycles. The van der Waals surface area contributed by atoms with Crippen molar-refractivity contribution >= 4 is 29.1 Å². The second-order valence-corrected chi connectivity index (χ2v) is 5.01. The summed E-state index contributed by atoms with van der Waals surface area (Å²) in [6, 6.07) is 0.387. The Morgan fingerprint density at radius 2 is 2.00 bits per heavy atom. The van der Waals surface area contributed by atoms with Gasteiger partial charge in [0.15, 0.2) is 0 Å². The molecule has 2 amide bonds. The number of amides is 2. The summed E-state index contributed by atoms with van der Waals surface area (Å²) in [5.74, 6) is -2.47. The summed E-state index contributed by atoms with van der Waals surface area (Å²) in [6.45, 7) is 3.39. The van der Waals surface area contributed by atoms with Crippen LogP contribution in [0.25, 0.3) is 0 Å². The molecule has 6 nitrogen and oxygen atoms in total. The lowest BCUT2D eigenvalue weighted by Crippen LogP contribution is -2.44.